The van der Waals surface area contributed by atoms with Crippen molar-refractivity contribution >= 4 is 39.5 Å². The largest absolute Gasteiger partial charge is 0.399 e. The molecule has 2 heterocycles. The molecule has 0 aliphatic heterocycles. The van der Waals surface area contributed by atoms with E-state index in [1.807, 2.05) is 41.2 Å². The lowest BCUT2D eigenvalue weighted by atomic mass is 10.2. The highest BCUT2D eigenvalue weighted by Gasteiger charge is 2.05. The third-order valence-electron chi connectivity index (χ3n) is 2.60. The van der Waals surface area contributed by atoms with Gasteiger partial charge in [0.25, 0.3) is 0 Å². The van der Waals surface area contributed by atoms with Gasteiger partial charge in [-0.15, -0.1) is 11.3 Å². The van der Waals surface area contributed by atoms with Crippen molar-refractivity contribution in [2.75, 3.05) is 5.73 Å². The number of aromatic nitrogens is 2. The summed E-state index contributed by atoms with van der Waals surface area (Å²) in [7, 11) is 0. The van der Waals surface area contributed by atoms with Crippen LogP contribution in [0.5, 0.6) is 0 Å². The fourth-order valence-electron chi connectivity index (χ4n) is 1.80. The Balaban J connectivity index is 2.03. The smallest absolute Gasteiger partial charge is 0.0931 e. The number of nitrogens with two attached hydrogens (primary N) is 1. The summed E-state index contributed by atoms with van der Waals surface area (Å²) in [6.07, 6.45) is 1.85. The predicted molar refractivity (Wildman–Crippen MR) is 72.6 cm³/mol. The summed E-state index contributed by atoms with van der Waals surface area (Å²) >= 11 is 7.48. The predicted octanol–water partition coefficient (Wildman–Crippen LogP) is 3.38. The highest BCUT2D eigenvalue weighted by Crippen LogP contribution is 2.24. The Hall–Kier alpha value is -1.52. The zero-order valence-corrected chi connectivity index (χ0v) is 10.5. The Kier molecular flexibility index (Phi) is 2.53. The minimum atomic E-state index is 0.727. The van der Waals surface area contributed by atoms with Crippen molar-refractivity contribution in [3.8, 4) is 0 Å². The molecule has 0 saturated heterocycles. The molecular formula is C12H10ClN3S. The van der Waals surface area contributed by atoms with E-state index in [4.69, 9.17) is 17.3 Å². The van der Waals surface area contributed by atoms with Crippen LogP contribution in [0.3, 0.4) is 0 Å². The van der Waals surface area contributed by atoms with E-state index >= 15 is 0 Å². The van der Waals surface area contributed by atoms with E-state index in [0.29, 0.717) is 0 Å². The SMILES string of the molecule is Nc1ccc2cnn(Cc3ccc(Cl)s3)c2c1. The highest BCUT2D eigenvalue weighted by molar-refractivity contribution is 7.16. The van der Waals surface area contributed by atoms with Crippen molar-refractivity contribution in [2.45, 2.75) is 6.54 Å². The molecule has 0 radical (unpaired) electrons. The molecule has 0 saturated carbocycles. The van der Waals surface area contributed by atoms with Crippen LogP contribution in [0.4, 0.5) is 5.69 Å². The highest BCUT2D eigenvalue weighted by atomic mass is 35.5. The molecule has 0 fully saturated rings. The first-order valence-corrected chi connectivity index (χ1v) is 6.37. The number of benzene rings is 1. The molecule has 0 atom stereocenters. The quantitative estimate of drug-likeness (QED) is 0.721. The van der Waals surface area contributed by atoms with Gasteiger partial charge in [0.15, 0.2) is 0 Å². The number of anilines is 1. The van der Waals surface area contributed by atoms with Crippen molar-refractivity contribution in [2.24, 2.45) is 0 Å². The number of rotatable bonds is 2. The van der Waals surface area contributed by atoms with Crippen LogP contribution in [0.25, 0.3) is 10.9 Å². The molecule has 0 amide bonds. The van der Waals surface area contributed by atoms with E-state index in [2.05, 4.69) is 5.10 Å². The molecule has 0 spiro atoms. The average molecular weight is 264 g/mol. The average Bonchev–Trinajstić information content (AvgIpc) is 2.87. The van der Waals surface area contributed by atoms with Crippen LogP contribution in [0, 0.1) is 0 Å². The van der Waals surface area contributed by atoms with Gasteiger partial charge >= 0.3 is 0 Å². The van der Waals surface area contributed by atoms with Crippen LogP contribution < -0.4 is 5.73 Å². The lowest BCUT2D eigenvalue weighted by Gasteiger charge is -2.01. The molecule has 3 nitrogen and oxygen atoms in total. The first-order chi connectivity index (χ1) is 8.22. The van der Waals surface area contributed by atoms with Gasteiger partial charge in [0.2, 0.25) is 0 Å². The van der Waals surface area contributed by atoms with Gasteiger partial charge in [-0.05, 0) is 30.3 Å². The van der Waals surface area contributed by atoms with Gasteiger partial charge in [-0.2, -0.15) is 5.10 Å². The standard InChI is InChI=1S/C12H10ClN3S/c13-12-4-3-10(17-12)7-16-11-5-9(14)2-1-8(11)6-15-16/h1-6H,7,14H2. The first-order valence-electron chi connectivity index (χ1n) is 5.17. The monoisotopic (exact) mass is 263 g/mol. The van der Waals surface area contributed by atoms with Gasteiger partial charge < -0.3 is 5.73 Å². The minimum absolute atomic E-state index is 0.727. The van der Waals surface area contributed by atoms with Crippen molar-refractivity contribution in [1.82, 2.24) is 9.78 Å². The zero-order valence-electron chi connectivity index (χ0n) is 8.93. The maximum atomic E-state index is 5.91. The van der Waals surface area contributed by atoms with Crippen LogP contribution in [0.15, 0.2) is 36.5 Å². The van der Waals surface area contributed by atoms with Crippen molar-refractivity contribution in [1.29, 1.82) is 0 Å². The summed E-state index contributed by atoms with van der Waals surface area (Å²) in [5, 5.41) is 5.46. The van der Waals surface area contributed by atoms with E-state index in [0.717, 1.165) is 27.5 Å². The summed E-state index contributed by atoms with van der Waals surface area (Å²) in [4.78, 5) is 1.18. The molecular weight excluding hydrogens is 254 g/mol. The topological polar surface area (TPSA) is 43.8 Å². The number of hydrogen-bond acceptors (Lipinski definition) is 3. The molecule has 0 aliphatic rings. The summed E-state index contributed by atoms with van der Waals surface area (Å²) in [6.45, 7) is 0.727. The second-order valence-electron chi connectivity index (χ2n) is 3.83. The van der Waals surface area contributed by atoms with E-state index in [9.17, 15) is 0 Å². The van der Waals surface area contributed by atoms with E-state index in [1.54, 1.807) is 11.3 Å². The Morgan fingerprint density at radius 3 is 2.94 bits per heavy atom. The summed E-state index contributed by atoms with van der Waals surface area (Å²) < 4.78 is 2.74. The molecule has 0 bridgehead atoms. The maximum Gasteiger partial charge on any atom is 0.0931 e. The molecule has 5 heteroatoms. The van der Waals surface area contributed by atoms with Crippen LogP contribution >= 0.6 is 22.9 Å². The lowest BCUT2D eigenvalue weighted by Crippen LogP contribution is -1.99. The molecule has 86 valence electrons. The third kappa shape index (κ3) is 2.01. The van der Waals surface area contributed by atoms with E-state index < -0.39 is 0 Å². The Morgan fingerprint density at radius 1 is 1.29 bits per heavy atom. The van der Waals surface area contributed by atoms with E-state index in [1.165, 1.54) is 4.88 Å². The molecule has 17 heavy (non-hydrogen) atoms. The fourth-order valence-corrected chi connectivity index (χ4v) is 2.87. The van der Waals surface area contributed by atoms with Gasteiger partial charge in [-0.25, -0.2) is 0 Å². The molecule has 0 unspecified atom stereocenters. The second-order valence-corrected chi connectivity index (χ2v) is 5.63. The summed E-state index contributed by atoms with van der Waals surface area (Å²) in [5.74, 6) is 0. The number of fused-ring (bicyclic) bond motifs is 1. The first kappa shape index (κ1) is 10.6. The van der Waals surface area contributed by atoms with Crippen LogP contribution in [0.1, 0.15) is 4.88 Å². The summed E-state index contributed by atoms with van der Waals surface area (Å²) in [5.41, 5.74) is 7.59. The molecule has 3 aromatic rings. The second kappa shape index (κ2) is 4.05. The van der Waals surface area contributed by atoms with Gasteiger partial charge in [0.05, 0.1) is 22.6 Å². The van der Waals surface area contributed by atoms with Crippen molar-refractivity contribution < 1.29 is 0 Å². The molecule has 3 rings (SSSR count). The lowest BCUT2D eigenvalue weighted by molar-refractivity contribution is 0.721. The number of thiophene rings is 1. The van der Waals surface area contributed by atoms with Gasteiger partial charge in [0, 0.05) is 16.0 Å². The molecule has 0 aliphatic carbocycles. The van der Waals surface area contributed by atoms with Gasteiger partial charge in [-0.3, -0.25) is 4.68 Å². The van der Waals surface area contributed by atoms with Gasteiger partial charge in [0.1, 0.15) is 0 Å². The fraction of sp³-hybridized carbons (Fsp3) is 0.0833. The zero-order chi connectivity index (χ0) is 11.8. The van der Waals surface area contributed by atoms with Crippen molar-refractivity contribution in [3.05, 3.63) is 45.7 Å². The number of nitrogen functional groups attached to an aromatic ring is 1. The normalized spacial score (nSPS) is 11.1. The Labute approximate surface area is 107 Å². The van der Waals surface area contributed by atoms with Crippen LogP contribution in [0.2, 0.25) is 4.34 Å². The minimum Gasteiger partial charge on any atom is -0.399 e. The van der Waals surface area contributed by atoms with Crippen molar-refractivity contribution in [3.63, 3.8) is 0 Å². The Morgan fingerprint density at radius 2 is 2.18 bits per heavy atom. The Bertz CT molecular complexity index is 671. The maximum absolute atomic E-state index is 5.91. The van der Waals surface area contributed by atoms with Gasteiger partial charge in [-0.1, -0.05) is 11.6 Å². The molecule has 1 aromatic carbocycles. The molecule has 2 aromatic heterocycles. The number of nitrogens with zero attached hydrogens (tertiary/aromatic N) is 2. The number of halogens is 1. The summed E-state index contributed by atoms with van der Waals surface area (Å²) in [6, 6.07) is 9.73. The van der Waals surface area contributed by atoms with Crippen LogP contribution in [-0.4, -0.2) is 9.78 Å². The number of hydrogen-bond donors (Lipinski definition) is 1. The molecule has 2 N–H and O–H groups in total. The van der Waals surface area contributed by atoms with Crippen LogP contribution in [-0.2, 0) is 6.54 Å². The van der Waals surface area contributed by atoms with E-state index in [-0.39, 0.29) is 0 Å². The third-order valence-corrected chi connectivity index (χ3v) is 3.82.